The standard InChI is InChI=1S/C19H28O4/c1-14(2)8-7-12-22-18(20)16-9-5-6-10-17(16)19(21)23-13-11-15(3)4/h5-6,9-10,14-15H,7-8,11-13H2,1-4H3. The zero-order valence-electron chi connectivity index (χ0n) is 14.6. The molecule has 0 fully saturated rings. The minimum Gasteiger partial charge on any atom is -0.462 e. The Balaban J connectivity index is 2.61. The van der Waals surface area contributed by atoms with Gasteiger partial charge < -0.3 is 9.47 Å². The molecule has 1 aromatic rings. The lowest BCUT2D eigenvalue weighted by Gasteiger charge is -2.11. The molecular weight excluding hydrogens is 292 g/mol. The van der Waals surface area contributed by atoms with Crippen molar-refractivity contribution in [3.8, 4) is 0 Å². The summed E-state index contributed by atoms with van der Waals surface area (Å²) in [5.74, 6) is 0.103. The molecule has 4 nitrogen and oxygen atoms in total. The first-order valence-corrected chi connectivity index (χ1v) is 8.35. The molecule has 0 radical (unpaired) electrons. The van der Waals surface area contributed by atoms with Crippen molar-refractivity contribution in [1.82, 2.24) is 0 Å². The Hall–Kier alpha value is -1.84. The van der Waals surface area contributed by atoms with Gasteiger partial charge in [0.25, 0.3) is 0 Å². The molecule has 0 heterocycles. The summed E-state index contributed by atoms with van der Waals surface area (Å²) in [5.41, 5.74) is 0.539. The first kappa shape index (κ1) is 19.2. The predicted octanol–water partition coefficient (Wildman–Crippen LogP) is 4.48. The van der Waals surface area contributed by atoms with Crippen molar-refractivity contribution >= 4 is 11.9 Å². The molecular formula is C19H28O4. The number of benzene rings is 1. The van der Waals surface area contributed by atoms with Crippen LogP contribution < -0.4 is 0 Å². The fraction of sp³-hybridized carbons (Fsp3) is 0.579. The molecule has 0 bridgehead atoms. The number of ether oxygens (including phenoxy) is 2. The highest BCUT2D eigenvalue weighted by molar-refractivity contribution is 6.03. The number of hydrogen-bond acceptors (Lipinski definition) is 4. The lowest BCUT2D eigenvalue weighted by atomic mass is 10.1. The van der Waals surface area contributed by atoms with Crippen LogP contribution in [0.5, 0.6) is 0 Å². The third-order valence-corrected chi connectivity index (χ3v) is 3.45. The fourth-order valence-electron chi connectivity index (χ4n) is 2.04. The van der Waals surface area contributed by atoms with Gasteiger partial charge in [-0.1, -0.05) is 39.8 Å². The van der Waals surface area contributed by atoms with Crippen molar-refractivity contribution in [2.75, 3.05) is 13.2 Å². The van der Waals surface area contributed by atoms with Crippen LogP contribution in [0, 0.1) is 11.8 Å². The number of esters is 2. The molecule has 1 aromatic carbocycles. The highest BCUT2D eigenvalue weighted by atomic mass is 16.5. The van der Waals surface area contributed by atoms with Crippen molar-refractivity contribution in [2.45, 2.75) is 47.0 Å². The van der Waals surface area contributed by atoms with E-state index in [-0.39, 0.29) is 11.1 Å². The fourth-order valence-corrected chi connectivity index (χ4v) is 2.04. The van der Waals surface area contributed by atoms with Crippen LogP contribution in [0.3, 0.4) is 0 Å². The first-order chi connectivity index (χ1) is 10.9. The molecule has 0 aliphatic rings. The molecule has 0 saturated heterocycles. The van der Waals surface area contributed by atoms with E-state index in [0.717, 1.165) is 19.3 Å². The van der Waals surface area contributed by atoms with Crippen LogP contribution in [-0.4, -0.2) is 25.2 Å². The van der Waals surface area contributed by atoms with Gasteiger partial charge in [0.2, 0.25) is 0 Å². The van der Waals surface area contributed by atoms with Crippen LogP contribution in [0.25, 0.3) is 0 Å². The number of hydrogen-bond donors (Lipinski definition) is 0. The summed E-state index contributed by atoms with van der Waals surface area (Å²) in [4.78, 5) is 24.3. The second-order valence-electron chi connectivity index (χ2n) is 6.54. The van der Waals surface area contributed by atoms with Crippen molar-refractivity contribution in [1.29, 1.82) is 0 Å². The topological polar surface area (TPSA) is 52.6 Å². The van der Waals surface area contributed by atoms with Crippen molar-refractivity contribution in [3.05, 3.63) is 35.4 Å². The van der Waals surface area contributed by atoms with E-state index in [4.69, 9.17) is 9.47 Å². The van der Waals surface area contributed by atoms with E-state index in [1.165, 1.54) is 0 Å². The van der Waals surface area contributed by atoms with Gasteiger partial charge in [-0.3, -0.25) is 0 Å². The van der Waals surface area contributed by atoms with Crippen LogP contribution in [-0.2, 0) is 9.47 Å². The second kappa shape index (κ2) is 10.0. The van der Waals surface area contributed by atoms with Crippen LogP contribution in [0.1, 0.15) is 67.7 Å². The predicted molar refractivity (Wildman–Crippen MR) is 90.5 cm³/mol. The Labute approximate surface area is 139 Å². The highest BCUT2D eigenvalue weighted by Crippen LogP contribution is 2.13. The monoisotopic (exact) mass is 320 g/mol. The van der Waals surface area contributed by atoms with E-state index in [0.29, 0.717) is 25.0 Å². The van der Waals surface area contributed by atoms with Gasteiger partial charge in [0.15, 0.2) is 0 Å². The van der Waals surface area contributed by atoms with Gasteiger partial charge in [0.1, 0.15) is 0 Å². The van der Waals surface area contributed by atoms with Gasteiger partial charge in [-0.05, 0) is 43.2 Å². The van der Waals surface area contributed by atoms with Gasteiger partial charge in [-0.25, -0.2) is 9.59 Å². The molecule has 0 atom stereocenters. The third-order valence-electron chi connectivity index (χ3n) is 3.45. The maximum absolute atomic E-state index is 12.2. The maximum Gasteiger partial charge on any atom is 0.339 e. The maximum atomic E-state index is 12.2. The van der Waals surface area contributed by atoms with E-state index in [2.05, 4.69) is 27.7 Å². The van der Waals surface area contributed by atoms with Crippen LogP contribution in [0.4, 0.5) is 0 Å². The zero-order chi connectivity index (χ0) is 17.2. The van der Waals surface area contributed by atoms with Gasteiger partial charge in [0.05, 0.1) is 24.3 Å². The molecule has 0 spiro atoms. The van der Waals surface area contributed by atoms with Gasteiger partial charge in [0, 0.05) is 0 Å². The molecule has 128 valence electrons. The second-order valence-corrected chi connectivity index (χ2v) is 6.54. The SMILES string of the molecule is CC(C)CCCOC(=O)c1ccccc1C(=O)OCCC(C)C. The molecule has 0 amide bonds. The highest BCUT2D eigenvalue weighted by Gasteiger charge is 2.18. The lowest BCUT2D eigenvalue weighted by molar-refractivity contribution is 0.0444. The smallest absolute Gasteiger partial charge is 0.339 e. The summed E-state index contributed by atoms with van der Waals surface area (Å²) in [7, 11) is 0. The van der Waals surface area contributed by atoms with E-state index >= 15 is 0 Å². The third kappa shape index (κ3) is 7.31. The number of carbonyl (C=O) groups is 2. The van der Waals surface area contributed by atoms with Gasteiger partial charge >= 0.3 is 11.9 Å². The average molecular weight is 320 g/mol. The van der Waals surface area contributed by atoms with E-state index < -0.39 is 11.9 Å². The summed E-state index contributed by atoms with van der Waals surface area (Å²) in [5, 5.41) is 0. The van der Waals surface area contributed by atoms with Crippen molar-refractivity contribution in [2.24, 2.45) is 11.8 Å². The summed E-state index contributed by atoms with van der Waals surface area (Å²) >= 11 is 0. The average Bonchev–Trinajstić information content (AvgIpc) is 2.50. The summed E-state index contributed by atoms with van der Waals surface area (Å²) in [6.07, 6.45) is 2.63. The normalized spacial score (nSPS) is 10.9. The van der Waals surface area contributed by atoms with Gasteiger partial charge in [-0.2, -0.15) is 0 Å². The molecule has 4 heteroatoms. The minimum atomic E-state index is -0.472. The van der Waals surface area contributed by atoms with E-state index in [1.54, 1.807) is 24.3 Å². The molecule has 0 N–H and O–H groups in total. The van der Waals surface area contributed by atoms with Crippen LogP contribution in [0.15, 0.2) is 24.3 Å². The molecule has 0 saturated carbocycles. The summed E-state index contributed by atoms with van der Waals surface area (Å²) < 4.78 is 10.5. The van der Waals surface area contributed by atoms with Crippen molar-refractivity contribution < 1.29 is 19.1 Å². The molecule has 0 aliphatic heterocycles. The Morgan fingerprint density at radius 1 is 0.826 bits per heavy atom. The largest absolute Gasteiger partial charge is 0.462 e. The Kier molecular flexibility index (Phi) is 8.38. The van der Waals surface area contributed by atoms with Crippen LogP contribution in [0.2, 0.25) is 0 Å². The minimum absolute atomic E-state index is 0.269. The Bertz CT molecular complexity index is 506. The molecule has 23 heavy (non-hydrogen) atoms. The molecule has 1 rings (SSSR count). The lowest BCUT2D eigenvalue weighted by Crippen LogP contribution is -2.15. The summed E-state index contributed by atoms with van der Waals surface area (Å²) in [6.45, 7) is 9.11. The van der Waals surface area contributed by atoms with E-state index in [1.807, 2.05) is 0 Å². The van der Waals surface area contributed by atoms with Crippen molar-refractivity contribution in [3.63, 3.8) is 0 Å². The molecule has 0 unspecified atom stereocenters. The van der Waals surface area contributed by atoms with E-state index in [9.17, 15) is 9.59 Å². The summed E-state index contributed by atoms with van der Waals surface area (Å²) in [6, 6.07) is 6.64. The number of rotatable bonds is 9. The molecule has 0 aliphatic carbocycles. The van der Waals surface area contributed by atoms with Gasteiger partial charge in [-0.15, -0.1) is 0 Å². The Morgan fingerprint density at radius 2 is 1.30 bits per heavy atom. The van der Waals surface area contributed by atoms with Crippen LogP contribution >= 0.6 is 0 Å². The Morgan fingerprint density at radius 3 is 1.78 bits per heavy atom. The first-order valence-electron chi connectivity index (χ1n) is 8.35. The zero-order valence-corrected chi connectivity index (χ0v) is 14.6. The number of carbonyl (C=O) groups excluding carboxylic acids is 2. The quantitative estimate of drug-likeness (QED) is 0.497. The molecule has 0 aromatic heterocycles.